The van der Waals surface area contributed by atoms with Crippen LogP contribution in [-0.4, -0.2) is 61.9 Å². The largest absolute Gasteiger partial charge is 0.489 e. The van der Waals surface area contributed by atoms with Crippen LogP contribution < -0.4 is 9.64 Å². The van der Waals surface area contributed by atoms with Crippen LogP contribution in [0.4, 0.5) is 10.5 Å². The molecule has 1 atom stereocenters. The van der Waals surface area contributed by atoms with E-state index in [1.165, 1.54) is 20.3 Å². The Labute approximate surface area is 205 Å². The van der Waals surface area contributed by atoms with Crippen molar-refractivity contribution >= 4 is 23.7 Å². The zero-order valence-electron chi connectivity index (χ0n) is 20.8. The highest BCUT2D eigenvalue weighted by Gasteiger charge is 2.29. The fourth-order valence-electron chi connectivity index (χ4n) is 3.77. The Morgan fingerprint density at radius 1 is 0.971 bits per heavy atom. The summed E-state index contributed by atoms with van der Waals surface area (Å²) in [5, 5.41) is 0. The lowest BCUT2D eigenvalue weighted by Crippen LogP contribution is -2.46. The molecule has 0 spiro atoms. The average molecular weight is 485 g/mol. The van der Waals surface area contributed by atoms with Gasteiger partial charge in [-0.3, -0.25) is 0 Å². The Morgan fingerprint density at radius 2 is 1.66 bits per heavy atom. The molecular weight excluding hydrogens is 452 g/mol. The predicted molar refractivity (Wildman–Crippen MR) is 130 cm³/mol. The lowest BCUT2D eigenvalue weighted by atomic mass is 10.1. The van der Waals surface area contributed by atoms with E-state index in [0.717, 1.165) is 12.8 Å². The summed E-state index contributed by atoms with van der Waals surface area (Å²) in [6.45, 7) is 6.60. The number of benzene rings is 1. The van der Waals surface area contributed by atoms with E-state index in [2.05, 4.69) is 0 Å². The number of piperidine rings is 1. The number of likely N-dealkylation sites (tertiary alicyclic amines) is 1. The minimum atomic E-state index is -0.675. The second kappa shape index (κ2) is 11.1. The number of nitrogens with zero attached hydrogens (tertiary/aromatic N) is 2. The number of methoxy groups -OCH3 is 2. The highest BCUT2D eigenvalue weighted by Crippen LogP contribution is 2.29. The summed E-state index contributed by atoms with van der Waals surface area (Å²) in [7, 11) is 2.50. The van der Waals surface area contributed by atoms with E-state index >= 15 is 0 Å². The highest BCUT2D eigenvalue weighted by atomic mass is 16.6. The molecule has 3 rings (SSSR count). The molecule has 0 aliphatic carbocycles. The van der Waals surface area contributed by atoms with Crippen molar-refractivity contribution in [3.05, 3.63) is 60.0 Å². The minimum absolute atomic E-state index is 0.0401. The molecule has 1 saturated heterocycles. The zero-order valence-corrected chi connectivity index (χ0v) is 20.8. The predicted octanol–water partition coefficient (Wildman–Crippen LogP) is 3.95. The number of hydrogen-bond acceptors (Lipinski definition) is 8. The van der Waals surface area contributed by atoms with E-state index < -0.39 is 17.5 Å². The van der Waals surface area contributed by atoms with Crippen molar-refractivity contribution in [1.82, 2.24) is 4.90 Å². The third kappa shape index (κ3) is 6.65. The molecule has 9 heteroatoms. The van der Waals surface area contributed by atoms with Gasteiger partial charge in [0.2, 0.25) is 0 Å². The Balaban J connectivity index is 1.76. The quantitative estimate of drug-likeness (QED) is 0.458. The molecule has 0 saturated carbocycles. The second-order valence-electron chi connectivity index (χ2n) is 9.12. The number of amides is 1. The Kier molecular flexibility index (Phi) is 8.22. The van der Waals surface area contributed by atoms with Gasteiger partial charge < -0.3 is 28.7 Å². The standard InChI is InChI=1S/C26H32N2O7/c1-26(2,3)35-25(31)27-15-8-9-20(17-27)34-19-13-11-18(12-14-19)28-16-7-6-10-21(23(29)32-4)22(28)24(30)33-5/h6-7,10-14,16,20H,8-9,15,17H2,1-5H3. The smallest absolute Gasteiger partial charge is 0.410 e. The molecule has 0 N–H and O–H groups in total. The first-order valence-corrected chi connectivity index (χ1v) is 11.4. The fourth-order valence-corrected chi connectivity index (χ4v) is 3.77. The summed E-state index contributed by atoms with van der Waals surface area (Å²) in [6.07, 6.45) is 7.64. The summed E-state index contributed by atoms with van der Waals surface area (Å²) in [4.78, 5) is 40.5. The molecule has 2 aliphatic rings. The molecule has 188 valence electrons. The molecule has 1 fully saturated rings. The fraction of sp³-hybridized carbons (Fsp3) is 0.423. The van der Waals surface area contributed by atoms with Crippen LogP contribution in [0.2, 0.25) is 0 Å². The van der Waals surface area contributed by atoms with Gasteiger partial charge in [0.25, 0.3) is 0 Å². The number of carbonyl (C=O) groups is 3. The van der Waals surface area contributed by atoms with Gasteiger partial charge in [-0.1, -0.05) is 6.08 Å². The van der Waals surface area contributed by atoms with Crippen LogP contribution in [0.1, 0.15) is 33.6 Å². The maximum absolute atomic E-state index is 12.6. The van der Waals surface area contributed by atoms with Gasteiger partial charge in [0.15, 0.2) is 0 Å². The van der Waals surface area contributed by atoms with E-state index in [0.29, 0.717) is 24.5 Å². The van der Waals surface area contributed by atoms with Gasteiger partial charge in [-0.2, -0.15) is 0 Å². The van der Waals surface area contributed by atoms with Crippen molar-refractivity contribution in [3.63, 3.8) is 0 Å². The van der Waals surface area contributed by atoms with Crippen LogP contribution in [0.15, 0.2) is 60.0 Å². The topological polar surface area (TPSA) is 94.6 Å². The number of carbonyl (C=O) groups excluding carboxylic acids is 3. The van der Waals surface area contributed by atoms with Crippen LogP contribution >= 0.6 is 0 Å². The SMILES string of the molecule is COC(=O)C1=C(C(=O)OC)N(c2ccc(OC3CCCN(C(=O)OC(C)(C)C)C3)cc2)C=CC=C1. The number of hydrogen-bond donors (Lipinski definition) is 0. The van der Waals surface area contributed by atoms with Crippen LogP contribution in [0, 0.1) is 0 Å². The average Bonchev–Trinajstić information content (AvgIpc) is 3.06. The highest BCUT2D eigenvalue weighted by molar-refractivity contribution is 6.05. The molecule has 1 unspecified atom stereocenters. The maximum atomic E-state index is 12.6. The van der Waals surface area contributed by atoms with Gasteiger partial charge in [0, 0.05) is 18.4 Å². The lowest BCUT2D eigenvalue weighted by molar-refractivity contribution is -0.139. The summed E-state index contributed by atoms with van der Waals surface area (Å²) in [5.74, 6) is -0.702. The summed E-state index contributed by atoms with van der Waals surface area (Å²) in [6, 6.07) is 7.11. The molecular formula is C26H32N2O7. The van der Waals surface area contributed by atoms with Gasteiger partial charge in [0.1, 0.15) is 23.2 Å². The van der Waals surface area contributed by atoms with E-state index in [-0.39, 0.29) is 23.5 Å². The van der Waals surface area contributed by atoms with Crippen molar-refractivity contribution < 1.29 is 33.3 Å². The van der Waals surface area contributed by atoms with Gasteiger partial charge in [-0.15, -0.1) is 0 Å². The summed E-state index contributed by atoms with van der Waals surface area (Å²) >= 11 is 0. The molecule has 9 nitrogen and oxygen atoms in total. The number of rotatable bonds is 5. The van der Waals surface area contributed by atoms with Crippen molar-refractivity contribution in [3.8, 4) is 5.75 Å². The van der Waals surface area contributed by atoms with Crippen LogP contribution in [-0.2, 0) is 23.8 Å². The third-order valence-corrected chi connectivity index (χ3v) is 5.34. The molecule has 2 heterocycles. The number of ether oxygens (including phenoxy) is 4. The zero-order chi connectivity index (χ0) is 25.6. The molecule has 0 aromatic heterocycles. The van der Waals surface area contributed by atoms with Crippen LogP contribution in [0.5, 0.6) is 5.75 Å². The first kappa shape index (κ1) is 25.9. The first-order valence-electron chi connectivity index (χ1n) is 11.4. The maximum Gasteiger partial charge on any atom is 0.410 e. The van der Waals surface area contributed by atoms with E-state index in [4.69, 9.17) is 18.9 Å². The third-order valence-electron chi connectivity index (χ3n) is 5.34. The molecule has 35 heavy (non-hydrogen) atoms. The van der Waals surface area contributed by atoms with Crippen molar-refractivity contribution in [2.75, 3.05) is 32.2 Å². The van der Waals surface area contributed by atoms with E-state index in [9.17, 15) is 14.4 Å². The van der Waals surface area contributed by atoms with E-state index in [1.807, 2.05) is 20.8 Å². The summed E-state index contributed by atoms with van der Waals surface area (Å²) < 4.78 is 21.4. The van der Waals surface area contributed by atoms with Gasteiger partial charge in [0.05, 0.1) is 26.3 Å². The molecule has 1 aromatic carbocycles. The van der Waals surface area contributed by atoms with Crippen LogP contribution in [0.25, 0.3) is 0 Å². The normalized spacial score (nSPS) is 18.1. The monoisotopic (exact) mass is 484 g/mol. The molecule has 1 aromatic rings. The second-order valence-corrected chi connectivity index (χ2v) is 9.12. The Morgan fingerprint density at radius 3 is 2.29 bits per heavy atom. The first-order chi connectivity index (χ1) is 16.6. The number of allylic oxidation sites excluding steroid dienone is 2. The Bertz CT molecular complexity index is 1030. The van der Waals surface area contributed by atoms with Gasteiger partial charge in [-0.05, 0) is 70.0 Å². The van der Waals surface area contributed by atoms with E-state index in [1.54, 1.807) is 52.4 Å². The summed E-state index contributed by atoms with van der Waals surface area (Å²) in [5.41, 5.74) is 0.189. The number of anilines is 1. The van der Waals surface area contributed by atoms with Gasteiger partial charge in [-0.25, -0.2) is 14.4 Å². The molecule has 1 amide bonds. The van der Waals surface area contributed by atoms with Gasteiger partial charge >= 0.3 is 18.0 Å². The van der Waals surface area contributed by atoms with Crippen molar-refractivity contribution in [2.45, 2.75) is 45.3 Å². The molecule has 2 aliphatic heterocycles. The minimum Gasteiger partial charge on any atom is -0.489 e. The molecule has 0 bridgehead atoms. The Hall–Kier alpha value is -3.75. The lowest BCUT2D eigenvalue weighted by Gasteiger charge is -2.34. The van der Waals surface area contributed by atoms with Crippen LogP contribution in [0.3, 0.4) is 0 Å². The number of esters is 2. The van der Waals surface area contributed by atoms with Crippen molar-refractivity contribution in [1.29, 1.82) is 0 Å². The molecule has 0 radical (unpaired) electrons. The van der Waals surface area contributed by atoms with Crippen molar-refractivity contribution in [2.24, 2.45) is 0 Å².